The Kier molecular flexibility index (Phi) is 5.13. The number of amides is 1. The first-order chi connectivity index (χ1) is 12.3. The second-order valence-corrected chi connectivity index (χ2v) is 9.19. The molecule has 0 bridgehead atoms. The normalized spacial score (nSPS) is 19.0. The van der Waals surface area contributed by atoms with Crippen LogP contribution in [0.5, 0.6) is 0 Å². The summed E-state index contributed by atoms with van der Waals surface area (Å²) in [5, 5.41) is 7.13. The molecule has 8 heteroatoms. The molecule has 140 valence electrons. The molecule has 1 amide bonds. The third kappa shape index (κ3) is 3.95. The lowest BCUT2D eigenvalue weighted by molar-refractivity contribution is 0.0947. The molecule has 1 aromatic heterocycles. The summed E-state index contributed by atoms with van der Waals surface area (Å²) < 4.78 is 37.9. The number of hydrogen-bond donors (Lipinski definition) is 1. The van der Waals surface area contributed by atoms with Crippen molar-refractivity contribution in [2.45, 2.75) is 26.2 Å². The van der Waals surface area contributed by atoms with Crippen LogP contribution in [0.15, 0.2) is 30.5 Å². The molecule has 0 saturated carbocycles. The highest BCUT2D eigenvalue weighted by molar-refractivity contribution is 7.91. The van der Waals surface area contributed by atoms with E-state index in [0.29, 0.717) is 24.2 Å². The van der Waals surface area contributed by atoms with Gasteiger partial charge in [-0.1, -0.05) is 13.8 Å². The van der Waals surface area contributed by atoms with E-state index in [-0.39, 0.29) is 35.1 Å². The first-order valence-corrected chi connectivity index (χ1v) is 10.4. The van der Waals surface area contributed by atoms with Crippen molar-refractivity contribution in [2.24, 2.45) is 5.92 Å². The van der Waals surface area contributed by atoms with Crippen LogP contribution in [0.1, 0.15) is 42.2 Å². The fourth-order valence-electron chi connectivity index (χ4n) is 3.24. The Hall–Kier alpha value is -2.22. The topological polar surface area (TPSA) is 81.1 Å². The molecule has 1 N–H and O–H groups in total. The molecule has 1 unspecified atom stereocenters. The van der Waals surface area contributed by atoms with Crippen LogP contribution < -0.4 is 5.32 Å². The fourth-order valence-corrected chi connectivity index (χ4v) is 5.10. The molecule has 1 aliphatic heterocycles. The second-order valence-electron chi connectivity index (χ2n) is 6.97. The third-order valence-electron chi connectivity index (χ3n) is 4.55. The number of halogens is 1. The number of carbonyl (C=O) groups excluding carboxylic acids is 1. The van der Waals surface area contributed by atoms with Gasteiger partial charge >= 0.3 is 0 Å². The lowest BCUT2D eigenvalue weighted by Crippen LogP contribution is -2.30. The fraction of sp³-hybridized carbons (Fsp3) is 0.444. The van der Waals surface area contributed by atoms with Crippen LogP contribution in [0.25, 0.3) is 5.69 Å². The summed E-state index contributed by atoms with van der Waals surface area (Å²) in [5.74, 6) is -0.316. The van der Waals surface area contributed by atoms with Crippen molar-refractivity contribution < 1.29 is 17.6 Å². The van der Waals surface area contributed by atoms with Crippen molar-refractivity contribution in [1.82, 2.24) is 15.1 Å². The Balaban J connectivity index is 1.79. The zero-order valence-corrected chi connectivity index (χ0v) is 15.6. The van der Waals surface area contributed by atoms with E-state index >= 15 is 0 Å². The Morgan fingerprint density at radius 1 is 1.35 bits per heavy atom. The zero-order valence-electron chi connectivity index (χ0n) is 14.8. The summed E-state index contributed by atoms with van der Waals surface area (Å²) in [7, 11) is -2.96. The quantitative estimate of drug-likeness (QED) is 0.864. The lowest BCUT2D eigenvalue weighted by Gasteiger charge is -2.14. The Labute approximate surface area is 152 Å². The van der Waals surface area contributed by atoms with Gasteiger partial charge in [-0.05, 0) is 42.5 Å². The molecule has 26 heavy (non-hydrogen) atoms. The van der Waals surface area contributed by atoms with Gasteiger partial charge in [-0.15, -0.1) is 0 Å². The highest BCUT2D eigenvalue weighted by Crippen LogP contribution is 2.24. The van der Waals surface area contributed by atoms with E-state index in [0.717, 1.165) is 5.69 Å². The maximum atomic E-state index is 13.2. The highest BCUT2D eigenvalue weighted by atomic mass is 32.2. The zero-order chi connectivity index (χ0) is 18.9. The van der Waals surface area contributed by atoms with Gasteiger partial charge in [0, 0.05) is 6.54 Å². The van der Waals surface area contributed by atoms with Gasteiger partial charge in [-0.2, -0.15) is 5.10 Å². The van der Waals surface area contributed by atoms with Crippen LogP contribution >= 0.6 is 0 Å². The van der Waals surface area contributed by atoms with E-state index in [1.165, 1.54) is 18.3 Å². The van der Waals surface area contributed by atoms with Crippen molar-refractivity contribution >= 4 is 15.7 Å². The number of benzene rings is 1. The van der Waals surface area contributed by atoms with Gasteiger partial charge in [-0.25, -0.2) is 17.5 Å². The molecule has 1 fully saturated rings. The SMILES string of the molecule is CC(C)c1c(C(=O)NCC2CCS(=O)(=O)C2)cnn1-c1ccc(F)cc1. The highest BCUT2D eigenvalue weighted by Gasteiger charge is 2.28. The third-order valence-corrected chi connectivity index (χ3v) is 6.38. The standard InChI is InChI=1S/C18H22FN3O3S/c1-12(2)17-16(10-21-22(17)15-5-3-14(19)4-6-15)18(23)20-9-13-7-8-26(24,25)11-13/h3-6,10,12-13H,7-9,11H2,1-2H3,(H,20,23). The maximum absolute atomic E-state index is 13.2. The summed E-state index contributed by atoms with van der Waals surface area (Å²) in [6.07, 6.45) is 2.08. The van der Waals surface area contributed by atoms with Gasteiger partial charge in [0.2, 0.25) is 0 Å². The summed E-state index contributed by atoms with van der Waals surface area (Å²) >= 11 is 0. The summed E-state index contributed by atoms with van der Waals surface area (Å²) in [6.45, 7) is 4.24. The molecule has 1 aromatic carbocycles. The first kappa shape index (κ1) is 18.6. The minimum absolute atomic E-state index is 0.0233. The van der Waals surface area contributed by atoms with Crippen molar-refractivity contribution in [3.8, 4) is 5.69 Å². The van der Waals surface area contributed by atoms with E-state index < -0.39 is 9.84 Å². The van der Waals surface area contributed by atoms with E-state index in [9.17, 15) is 17.6 Å². The largest absolute Gasteiger partial charge is 0.352 e. The number of carbonyl (C=O) groups is 1. The van der Waals surface area contributed by atoms with Gasteiger partial charge in [-0.3, -0.25) is 4.79 Å². The smallest absolute Gasteiger partial charge is 0.254 e. The molecule has 3 rings (SSSR count). The van der Waals surface area contributed by atoms with Crippen LogP contribution in [0.2, 0.25) is 0 Å². The second kappa shape index (κ2) is 7.19. The lowest BCUT2D eigenvalue weighted by atomic mass is 10.0. The molecule has 0 spiro atoms. The van der Waals surface area contributed by atoms with Gasteiger partial charge < -0.3 is 5.32 Å². The minimum atomic E-state index is -2.96. The van der Waals surface area contributed by atoms with Crippen LogP contribution in [-0.4, -0.2) is 42.2 Å². The predicted molar refractivity (Wildman–Crippen MR) is 96.7 cm³/mol. The van der Waals surface area contributed by atoms with Gasteiger partial charge in [0.05, 0.1) is 34.6 Å². The van der Waals surface area contributed by atoms with E-state index in [1.54, 1.807) is 16.8 Å². The summed E-state index contributed by atoms with van der Waals surface area (Å²) in [5.41, 5.74) is 1.86. The van der Waals surface area contributed by atoms with Gasteiger partial charge in [0.25, 0.3) is 5.91 Å². The van der Waals surface area contributed by atoms with Crippen LogP contribution in [0.3, 0.4) is 0 Å². The van der Waals surface area contributed by atoms with Gasteiger partial charge in [0.15, 0.2) is 9.84 Å². The predicted octanol–water partition coefficient (Wildman–Crippen LogP) is 2.30. The average molecular weight is 379 g/mol. The molecule has 2 heterocycles. The van der Waals surface area contributed by atoms with Crippen LogP contribution in [-0.2, 0) is 9.84 Å². The van der Waals surface area contributed by atoms with Crippen LogP contribution in [0, 0.1) is 11.7 Å². The number of aromatic nitrogens is 2. The van der Waals surface area contributed by atoms with Crippen molar-refractivity contribution in [3.05, 3.63) is 47.5 Å². The number of rotatable bonds is 5. The Morgan fingerprint density at radius 3 is 2.62 bits per heavy atom. The molecular weight excluding hydrogens is 357 g/mol. The Bertz CT molecular complexity index is 904. The van der Waals surface area contributed by atoms with Crippen molar-refractivity contribution in [3.63, 3.8) is 0 Å². The molecular formula is C18H22FN3O3S. The van der Waals surface area contributed by atoms with Crippen molar-refractivity contribution in [2.75, 3.05) is 18.1 Å². The van der Waals surface area contributed by atoms with E-state index in [1.807, 2.05) is 13.8 Å². The molecule has 2 aromatic rings. The minimum Gasteiger partial charge on any atom is -0.352 e. The molecule has 1 atom stereocenters. The maximum Gasteiger partial charge on any atom is 0.254 e. The monoisotopic (exact) mass is 379 g/mol. The first-order valence-electron chi connectivity index (χ1n) is 8.59. The van der Waals surface area contributed by atoms with E-state index in [4.69, 9.17) is 0 Å². The summed E-state index contributed by atoms with van der Waals surface area (Å²) in [4.78, 5) is 12.6. The molecule has 1 saturated heterocycles. The summed E-state index contributed by atoms with van der Waals surface area (Å²) in [6, 6.07) is 5.92. The van der Waals surface area contributed by atoms with E-state index in [2.05, 4.69) is 10.4 Å². The number of hydrogen-bond acceptors (Lipinski definition) is 4. The number of nitrogens with one attached hydrogen (secondary N) is 1. The number of sulfone groups is 1. The average Bonchev–Trinajstić information content (AvgIpc) is 3.17. The molecule has 0 radical (unpaired) electrons. The number of nitrogens with zero attached hydrogens (tertiary/aromatic N) is 2. The Morgan fingerprint density at radius 2 is 2.04 bits per heavy atom. The molecule has 6 nitrogen and oxygen atoms in total. The molecule has 1 aliphatic rings. The van der Waals surface area contributed by atoms with Crippen molar-refractivity contribution in [1.29, 1.82) is 0 Å². The van der Waals surface area contributed by atoms with Gasteiger partial charge in [0.1, 0.15) is 5.82 Å². The molecule has 0 aliphatic carbocycles. The van der Waals surface area contributed by atoms with Crippen LogP contribution in [0.4, 0.5) is 4.39 Å².